The lowest BCUT2D eigenvalue weighted by Crippen LogP contribution is -2.37. The molecule has 0 radical (unpaired) electrons. The first-order chi connectivity index (χ1) is 16.8. The molecule has 0 atom stereocenters. The highest BCUT2D eigenvalue weighted by molar-refractivity contribution is 9.10. The zero-order valence-electron chi connectivity index (χ0n) is 18.3. The quantitative estimate of drug-likeness (QED) is 0.220. The average molecular weight is 582 g/mol. The van der Waals surface area contributed by atoms with E-state index < -0.39 is 4.92 Å². The van der Waals surface area contributed by atoms with Crippen molar-refractivity contribution in [2.45, 2.75) is 6.92 Å². The molecule has 0 amide bonds. The zero-order valence-corrected chi connectivity index (χ0v) is 21.4. The molecule has 0 saturated carbocycles. The molecule has 1 aliphatic heterocycles. The molecule has 3 aromatic rings. The minimum absolute atomic E-state index is 0.0595. The summed E-state index contributed by atoms with van der Waals surface area (Å²) in [5.74, 6) is 0.930. The number of aromatic nitrogens is 3. The van der Waals surface area contributed by atoms with Crippen LogP contribution in [0.5, 0.6) is 0 Å². The van der Waals surface area contributed by atoms with Crippen molar-refractivity contribution in [2.24, 2.45) is 5.10 Å². The summed E-state index contributed by atoms with van der Waals surface area (Å²) in [4.78, 5) is 26.0. The lowest BCUT2D eigenvalue weighted by atomic mass is 10.2. The lowest BCUT2D eigenvalue weighted by molar-refractivity contribution is -0.384. The molecule has 1 saturated heterocycles. The highest BCUT2D eigenvalue weighted by Crippen LogP contribution is 2.30. The molecule has 11 nitrogen and oxygen atoms in total. The van der Waals surface area contributed by atoms with Crippen molar-refractivity contribution in [3.8, 4) is 0 Å². The molecule has 1 fully saturated rings. The van der Waals surface area contributed by atoms with E-state index in [1.807, 2.05) is 30.0 Å². The van der Waals surface area contributed by atoms with Gasteiger partial charge in [-0.05, 0) is 46.6 Å². The van der Waals surface area contributed by atoms with Crippen molar-refractivity contribution in [1.29, 1.82) is 0 Å². The highest BCUT2D eigenvalue weighted by atomic mass is 79.9. The van der Waals surface area contributed by atoms with Crippen molar-refractivity contribution in [3.63, 3.8) is 0 Å². The minimum atomic E-state index is -0.592. The van der Waals surface area contributed by atoms with Crippen LogP contribution in [-0.4, -0.2) is 52.4 Å². The van der Waals surface area contributed by atoms with Gasteiger partial charge in [-0.1, -0.05) is 29.3 Å². The number of anilines is 4. The number of hydrogen-bond acceptors (Lipinski definition) is 10. The number of morpholine rings is 1. The summed E-state index contributed by atoms with van der Waals surface area (Å²) in [6.07, 6.45) is 1.33. The van der Waals surface area contributed by atoms with E-state index in [1.165, 1.54) is 18.3 Å². The maximum atomic E-state index is 11.2. The first-order valence-electron chi connectivity index (χ1n) is 10.3. The molecule has 182 valence electrons. The molecule has 0 aliphatic carbocycles. The molecule has 2 aromatic carbocycles. The summed E-state index contributed by atoms with van der Waals surface area (Å²) in [5, 5.41) is 18.6. The summed E-state index contributed by atoms with van der Waals surface area (Å²) in [7, 11) is 0. The maximum absolute atomic E-state index is 11.2. The van der Waals surface area contributed by atoms with Crippen LogP contribution in [-0.2, 0) is 4.74 Å². The second-order valence-corrected chi connectivity index (χ2v) is 9.11. The topological polar surface area (TPSA) is 131 Å². The zero-order chi connectivity index (χ0) is 24.9. The molecule has 0 unspecified atom stereocenters. The lowest BCUT2D eigenvalue weighted by Gasteiger charge is -2.27. The number of nitro groups is 1. The van der Waals surface area contributed by atoms with E-state index in [0.717, 1.165) is 15.7 Å². The van der Waals surface area contributed by atoms with Crippen molar-refractivity contribution in [3.05, 3.63) is 66.1 Å². The normalized spacial score (nSPS) is 13.8. The molecule has 1 aliphatic rings. The van der Waals surface area contributed by atoms with E-state index in [1.54, 1.807) is 0 Å². The van der Waals surface area contributed by atoms with Gasteiger partial charge in [0.1, 0.15) is 5.02 Å². The Balaban J connectivity index is 1.61. The molecule has 0 bridgehead atoms. The van der Waals surface area contributed by atoms with Gasteiger partial charge in [0.25, 0.3) is 5.69 Å². The van der Waals surface area contributed by atoms with Gasteiger partial charge in [-0.3, -0.25) is 10.1 Å². The average Bonchev–Trinajstić information content (AvgIpc) is 2.82. The Kier molecular flexibility index (Phi) is 7.96. The molecule has 2 heterocycles. The van der Waals surface area contributed by atoms with Crippen LogP contribution in [0.1, 0.15) is 11.1 Å². The van der Waals surface area contributed by atoms with Crippen LogP contribution < -0.4 is 15.6 Å². The second kappa shape index (κ2) is 11.1. The summed E-state index contributed by atoms with van der Waals surface area (Å²) in [6.45, 7) is 4.38. The number of nitro benzene ring substituents is 1. The fourth-order valence-electron chi connectivity index (χ4n) is 3.17. The molecule has 35 heavy (non-hydrogen) atoms. The maximum Gasteiger partial charge on any atom is 0.288 e. The number of nitrogens with zero attached hydrogens (tertiary/aromatic N) is 6. The number of benzene rings is 2. The van der Waals surface area contributed by atoms with E-state index in [4.69, 9.17) is 27.9 Å². The van der Waals surface area contributed by atoms with Gasteiger partial charge in [0, 0.05) is 29.2 Å². The fourth-order valence-corrected chi connectivity index (χ4v) is 4.26. The van der Waals surface area contributed by atoms with Crippen LogP contribution in [0.4, 0.5) is 29.2 Å². The summed E-state index contributed by atoms with van der Waals surface area (Å²) < 4.78 is 6.28. The first kappa shape index (κ1) is 25.0. The Morgan fingerprint density at radius 3 is 2.60 bits per heavy atom. The van der Waals surface area contributed by atoms with Gasteiger partial charge in [0.15, 0.2) is 0 Å². The minimum Gasteiger partial charge on any atom is -0.378 e. The van der Waals surface area contributed by atoms with E-state index >= 15 is 0 Å². The summed E-state index contributed by atoms with van der Waals surface area (Å²) >= 11 is 15.6. The van der Waals surface area contributed by atoms with Crippen LogP contribution in [0.3, 0.4) is 0 Å². The summed E-state index contributed by atoms with van der Waals surface area (Å²) in [6, 6.07) is 8.40. The van der Waals surface area contributed by atoms with Crippen LogP contribution in [0.15, 0.2) is 39.9 Å². The van der Waals surface area contributed by atoms with Gasteiger partial charge < -0.3 is 15.0 Å². The largest absolute Gasteiger partial charge is 0.378 e. The van der Waals surface area contributed by atoms with E-state index in [0.29, 0.717) is 43.8 Å². The van der Waals surface area contributed by atoms with Gasteiger partial charge in [-0.15, -0.1) is 0 Å². The molecule has 1 aromatic heterocycles. The molecular weight excluding hydrogens is 563 g/mol. The van der Waals surface area contributed by atoms with Crippen molar-refractivity contribution in [1.82, 2.24) is 15.0 Å². The van der Waals surface area contributed by atoms with Crippen LogP contribution in [0.25, 0.3) is 0 Å². The highest BCUT2D eigenvalue weighted by Gasteiger charge is 2.18. The second-order valence-electron chi connectivity index (χ2n) is 7.44. The number of hydrazone groups is 1. The Bertz CT molecular complexity index is 1290. The van der Waals surface area contributed by atoms with Crippen LogP contribution in [0.2, 0.25) is 10.0 Å². The SMILES string of the molecule is Cc1ccc(Nc2nc(N/N=C\c3cc([N+](=O)[O-])c(Cl)cc3Cl)nc(N3CCOCC3)n2)c(Br)c1. The van der Waals surface area contributed by atoms with E-state index in [9.17, 15) is 10.1 Å². The smallest absolute Gasteiger partial charge is 0.288 e. The molecule has 4 rings (SSSR count). The fraction of sp³-hybridized carbons (Fsp3) is 0.238. The molecule has 0 spiro atoms. The first-order valence-corrected chi connectivity index (χ1v) is 11.9. The Morgan fingerprint density at radius 1 is 1.14 bits per heavy atom. The van der Waals surface area contributed by atoms with Gasteiger partial charge >= 0.3 is 0 Å². The standard InChI is InChI=1S/C21H19BrCl2N8O3/c1-12-2-3-17(14(22)8-12)26-19-27-20(29-21(28-19)31-4-6-35-7-5-31)30-25-11-13-9-18(32(33)34)16(24)10-15(13)23/h2-3,8-11H,4-7H2,1H3,(H2,26,27,28,29,30)/b25-11-. The van der Waals surface area contributed by atoms with Gasteiger partial charge in [0.2, 0.25) is 17.8 Å². The van der Waals surface area contributed by atoms with Gasteiger partial charge in [0.05, 0.1) is 35.1 Å². The van der Waals surface area contributed by atoms with Crippen molar-refractivity contribution in [2.75, 3.05) is 41.9 Å². The third-order valence-corrected chi connectivity index (χ3v) is 6.21. The van der Waals surface area contributed by atoms with Crippen LogP contribution in [0, 0.1) is 17.0 Å². The Morgan fingerprint density at radius 2 is 1.89 bits per heavy atom. The van der Waals surface area contributed by atoms with E-state index in [2.05, 4.69) is 46.7 Å². The third kappa shape index (κ3) is 6.34. The number of hydrogen-bond donors (Lipinski definition) is 2. The molecule has 2 N–H and O–H groups in total. The number of rotatable bonds is 7. The number of aryl methyl sites for hydroxylation is 1. The van der Waals surface area contributed by atoms with Crippen LogP contribution >= 0.6 is 39.1 Å². The monoisotopic (exact) mass is 580 g/mol. The third-order valence-electron chi connectivity index (χ3n) is 4.92. The van der Waals surface area contributed by atoms with Crippen molar-refractivity contribution >= 4 is 74.6 Å². The summed E-state index contributed by atoms with van der Waals surface area (Å²) in [5.41, 5.74) is 4.66. The predicted molar refractivity (Wildman–Crippen MR) is 139 cm³/mol. The Labute approximate surface area is 218 Å². The number of ether oxygens (including phenoxy) is 1. The van der Waals surface area contributed by atoms with E-state index in [-0.39, 0.29) is 21.7 Å². The van der Waals surface area contributed by atoms with Gasteiger partial charge in [-0.25, -0.2) is 5.43 Å². The Hall–Kier alpha value is -3.06. The molecule has 14 heteroatoms. The van der Waals surface area contributed by atoms with Gasteiger partial charge in [-0.2, -0.15) is 20.1 Å². The number of halogens is 3. The number of nitrogens with one attached hydrogen (secondary N) is 2. The van der Waals surface area contributed by atoms with Crippen molar-refractivity contribution < 1.29 is 9.66 Å². The molecular formula is C21H19BrCl2N8O3. The predicted octanol–water partition coefficient (Wildman–Crippen LogP) is 5.18.